The first-order valence-corrected chi connectivity index (χ1v) is 5.11. The minimum atomic E-state index is -0.582. The normalized spacial score (nSPS) is 15.1. The second kappa shape index (κ2) is 4.50. The van der Waals surface area contributed by atoms with E-state index in [2.05, 4.69) is 0 Å². The van der Waals surface area contributed by atoms with Crippen LogP contribution in [0.15, 0.2) is 18.2 Å². The third-order valence-corrected chi connectivity index (χ3v) is 2.46. The lowest BCUT2D eigenvalue weighted by molar-refractivity contribution is -0.385. The van der Waals surface area contributed by atoms with Crippen LogP contribution in [0.25, 0.3) is 0 Å². The van der Waals surface area contributed by atoms with Crippen LogP contribution in [0.5, 0.6) is 5.75 Å². The Labute approximate surface area is 97.3 Å². The van der Waals surface area contributed by atoms with Crippen LogP contribution in [0.3, 0.4) is 0 Å². The van der Waals surface area contributed by atoms with Crippen molar-refractivity contribution in [1.82, 2.24) is 0 Å². The fraction of sp³-hybridized carbons (Fsp3) is 0.364. The molecule has 1 aromatic carbocycles. The van der Waals surface area contributed by atoms with Crippen molar-refractivity contribution in [2.24, 2.45) is 0 Å². The number of ketones is 1. The van der Waals surface area contributed by atoms with Crippen molar-refractivity contribution in [3.63, 3.8) is 0 Å². The second-order valence-corrected chi connectivity index (χ2v) is 3.77. The molecular weight excluding hydrogens is 226 g/mol. The highest BCUT2D eigenvalue weighted by Crippen LogP contribution is 2.26. The summed E-state index contributed by atoms with van der Waals surface area (Å²) >= 11 is 0. The molecule has 0 atom stereocenters. The highest BCUT2D eigenvalue weighted by Gasteiger charge is 2.23. The maximum Gasteiger partial charge on any atom is 0.283 e. The third-order valence-electron chi connectivity index (χ3n) is 2.46. The number of nitro groups is 1. The molecule has 0 aliphatic carbocycles. The Bertz CT molecular complexity index is 467. The van der Waals surface area contributed by atoms with Crippen LogP contribution in [-0.4, -0.2) is 30.0 Å². The molecule has 1 aliphatic heterocycles. The van der Waals surface area contributed by atoms with Gasteiger partial charge >= 0.3 is 0 Å². The number of carbonyl (C=O) groups is 1. The largest absolute Gasteiger partial charge is 0.485 e. The summed E-state index contributed by atoms with van der Waals surface area (Å²) in [6, 6.07) is 4.24. The van der Waals surface area contributed by atoms with Gasteiger partial charge in [0.1, 0.15) is 11.9 Å². The van der Waals surface area contributed by atoms with E-state index in [-0.39, 0.29) is 23.1 Å². The minimum Gasteiger partial charge on any atom is -0.485 e. The lowest BCUT2D eigenvalue weighted by Crippen LogP contribution is -2.38. The zero-order valence-corrected chi connectivity index (χ0v) is 9.21. The van der Waals surface area contributed by atoms with E-state index < -0.39 is 4.92 Å². The van der Waals surface area contributed by atoms with E-state index in [4.69, 9.17) is 9.47 Å². The Morgan fingerprint density at radius 1 is 1.53 bits per heavy atom. The van der Waals surface area contributed by atoms with Crippen LogP contribution in [0.1, 0.15) is 17.3 Å². The summed E-state index contributed by atoms with van der Waals surface area (Å²) in [6.07, 6.45) is -0.0576. The number of hydrogen-bond donors (Lipinski definition) is 0. The Balaban J connectivity index is 2.27. The molecule has 90 valence electrons. The number of nitro benzene ring substituents is 1. The number of Topliss-reactive ketones (excluding diaryl/α,β-unsaturated/α-hetero) is 1. The first-order chi connectivity index (χ1) is 8.08. The zero-order chi connectivity index (χ0) is 12.4. The minimum absolute atomic E-state index is 0.0576. The number of benzene rings is 1. The van der Waals surface area contributed by atoms with Gasteiger partial charge < -0.3 is 9.47 Å². The van der Waals surface area contributed by atoms with E-state index >= 15 is 0 Å². The summed E-state index contributed by atoms with van der Waals surface area (Å²) in [7, 11) is 0. The van der Waals surface area contributed by atoms with Crippen molar-refractivity contribution in [1.29, 1.82) is 0 Å². The average molecular weight is 237 g/mol. The van der Waals surface area contributed by atoms with Crippen molar-refractivity contribution in [2.45, 2.75) is 13.0 Å². The highest BCUT2D eigenvalue weighted by atomic mass is 16.6. The van der Waals surface area contributed by atoms with Crippen LogP contribution < -0.4 is 4.74 Å². The van der Waals surface area contributed by atoms with Crippen molar-refractivity contribution in [2.75, 3.05) is 13.2 Å². The molecule has 0 aromatic heterocycles. The molecule has 0 spiro atoms. The van der Waals surface area contributed by atoms with Gasteiger partial charge in [-0.25, -0.2) is 0 Å². The lowest BCUT2D eigenvalue weighted by Gasteiger charge is -2.26. The summed E-state index contributed by atoms with van der Waals surface area (Å²) in [5.41, 5.74) is -0.137. The third kappa shape index (κ3) is 2.42. The molecule has 0 amide bonds. The Kier molecular flexibility index (Phi) is 3.06. The van der Waals surface area contributed by atoms with E-state index in [1.54, 1.807) is 6.07 Å². The van der Waals surface area contributed by atoms with Gasteiger partial charge in [0.15, 0.2) is 5.78 Å². The van der Waals surface area contributed by atoms with Gasteiger partial charge in [0.2, 0.25) is 0 Å². The van der Waals surface area contributed by atoms with Gasteiger partial charge in [-0.05, 0) is 19.1 Å². The molecule has 1 aliphatic rings. The van der Waals surface area contributed by atoms with E-state index in [9.17, 15) is 14.9 Å². The molecule has 2 rings (SSSR count). The van der Waals surface area contributed by atoms with Crippen LogP contribution in [0, 0.1) is 10.1 Å². The van der Waals surface area contributed by atoms with Crippen molar-refractivity contribution >= 4 is 11.5 Å². The fourth-order valence-corrected chi connectivity index (χ4v) is 1.51. The monoisotopic (exact) mass is 237 g/mol. The smallest absolute Gasteiger partial charge is 0.283 e. The van der Waals surface area contributed by atoms with Gasteiger partial charge in [0.05, 0.1) is 29.8 Å². The van der Waals surface area contributed by atoms with Gasteiger partial charge in [-0.1, -0.05) is 0 Å². The van der Waals surface area contributed by atoms with E-state index in [1.807, 2.05) is 0 Å². The predicted molar refractivity (Wildman–Crippen MR) is 58.3 cm³/mol. The fourth-order valence-electron chi connectivity index (χ4n) is 1.51. The van der Waals surface area contributed by atoms with Gasteiger partial charge in [-0.2, -0.15) is 0 Å². The summed E-state index contributed by atoms with van der Waals surface area (Å²) in [5.74, 6) is 0.0465. The first kappa shape index (κ1) is 11.5. The summed E-state index contributed by atoms with van der Waals surface area (Å²) in [6.45, 7) is 2.27. The number of rotatable bonds is 4. The Morgan fingerprint density at radius 2 is 2.24 bits per heavy atom. The van der Waals surface area contributed by atoms with Gasteiger partial charge in [0, 0.05) is 0 Å². The Hall–Kier alpha value is -1.95. The molecule has 0 saturated carbocycles. The van der Waals surface area contributed by atoms with Crippen molar-refractivity contribution in [3.05, 3.63) is 33.9 Å². The second-order valence-electron chi connectivity index (χ2n) is 3.77. The SMILES string of the molecule is CC(=O)c1ccc(OC2COC2)cc1[N+](=O)[O-]. The number of carbonyl (C=O) groups excluding carboxylic acids is 1. The summed E-state index contributed by atoms with van der Waals surface area (Å²) in [4.78, 5) is 21.4. The maximum absolute atomic E-state index is 11.2. The first-order valence-electron chi connectivity index (χ1n) is 5.11. The molecule has 1 aromatic rings. The van der Waals surface area contributed by atoms with Gasteiger partial charge in [0.25, 0.3) is 5.69 Å². The number of ether oxygens (including phenoxy) is 2. The molecule has 0 radical (unpaired) electrons. The molecule has 1 saturated heterocycles. The molecule has 0 unspecified atom stereocenters. The molecule has 1 heterocycles. The highest BCUT2D eigenvalue weighted by molar-refractivity contribution is 5.98. The molecule has 1 fully saturated rings. The van der Waals surface area contributed by atoms with E-state index in [0.717, 1.165) is 0 Å². The summed E-state index contributed by atoms with van der Waals surface area (Å²) in [5, 5.41) is 10.8. The number of hydrogen-bond acceptors (Lipinski definition) is 5. The van der Waals surface area contributed by atoms with E-state index in [1.165, 1.54) is 19.1 Å². The molecule has 0 N–H and O–H groups in total. The topological polar surface area (TPSA) is 78.7 Å². The van der Waals surface area contributed by atoms with E-state index in [0.29, 0.717) is 19.0 Å². The molecule has 6 heteroatoms. The van der Waals surface area contributed by atoms with Crippen LogP contribution >= 0.6 is 0 Å². The predicted octanol–water partition coefficient (Wildman–Crippen LogP) is 1.57. The Morgan fingerprint density at radius 3 is 2.71 bits per heavy atom. The van der Waals surface area contributed by atoms with Crippen molar-refractivity contribution in [3.8, 4) is 5.75 Å². The van der Waals surface area contributed by atoms with Crippen LogP contribution in [-0.2, 0) is 4.74 Å². The quantitative estimate of drug-likeness (QED) is 0.451. The van der Waals surface area contributed by atoms with Crippen LogP contribution in [0.4, 0.5) is 5.69 Å². The van der Waals surface area contributed by atoms with Gasteiger partial charge in [-0.15, -0.1) is 0 Å². The standard InChI is InChI=1S/C11H11NO5/c1-7(13)10-3-2-8(4-11(10)12(14)15)17-9-5-16-6-9/h2-4,9H,5-6H2,1H3. The summed E-state index contributed by atoms with van der Waals surface area (Å²) < 4.78 is 10.4. The molecule has 0 bridgehead atoms. The maximum atomic E-state index is 11.2. The molecule has 6 nitrogen and oxygen atoms in total. The van der Waals surface area contributed by atoms with Crippen molar-refractivity contribution < 1.29 is 19.2 Å². The van der Waals surface area contributed by atoms with Crippen LogP contribution in [0.2, 0.25) is 0 Å². The molecular formula is C11H11NO5. The number of nitrogens with zero attached hydrogens (tertiary/aromatic N) is 1. The average Bonchev–Trinajstić information content (AvgIpc) is 2.23. The zero-order valence-electron chi connectivity index (χ0n) is 9.21. The molecule has 17 heavy (non-hydrogen) atoms. The van der Waals surface area contributed by atoms with Gasteiger partial charge in [-0.3, -0.25) is 14.9 Å². The lowest BCUT2D eigenvalue weighted by atomic mass is 10.1.